The van der Waals surface area contributed by atoms with E-state index in [0.717, 1.165) is 12.1 Å². The van der Waals surface area contributed by atoms with Crippen LogP contribution in [-0.2, 0) is 6.54 Å². The van der Waals surface area contributed by atoms with Crippen molar-refractivity contribution in [1.82, 2.24) is 9.88 Å². The number of hydrogen-bond acceptors (Lipinski definition) is 4. The van der Waals surface area contributed by atoms with Crippen molar-refractivity contribution in [2.75, 3.05) is 24.5 Å². The molecule has 1 unspecified atom stereocenters. The van der Waals surface area contributed by atoms with Gasteiger partial charge in [0.1, 0.15) is 17.2 Å². The van der Waals surface area contributed by atoms with Crippen LogP contribution in [0.25, 0.3) is 10.9 Å². The van der Waals surface area contributed by atoms with Crippen LogP contribution in [0.3, 0.4) is 0 Å². The number of aromatic carboxylic acids is 1. The minimum atomic E-state index is -1.33. The standard InChI is InChI=1S/C17H19F2N3O3/c1-3-22-12(17(24)25)7-13(23)10-6-11(18)16(14(19)15(10)22)21-5-4-20-9(2)8-21/h6-7,9,20H,3-5,8H2,1-2H3,(H,24,25). The van der Waals surface area contributed by atoms with E-state index in [1.54, 1.807) is 11.8 Å². The maximum Gasteiger partial charge on any atom is 0.352 e. The van der Waals surface area contributed by atoms with Crippen LogP contribution in [0.1, 0.15) is 24.3 Å². The normalized spacial score (nSPS) is 17.9. The molecule has 1 aromatic heterocycles. The van der Waals surface area contributed by atoms with Crippen molar-refractivity contribution in [3.8, 4) is 0 Å². The number of pyridine rings is 1. The zero-order valence-electron chi connectivity index (χ0n) is 14.0. The largest absolute Gasteiger partial charge is 0.477 e. The first-order chi connectivity index (χ1) is 11.8. The SMILES string of the molecule is CCn1c(C(=O)O)cc(=O)c2cc(F)c(N3CCNC(C)C3)c(F)c21. The van der Waals surface area contributed by atoms with Crippen molar-refractivity contribution in [3.05, 3.63) is 39.7 Å². The molecule has 0 radical (unpaired) electrons. The molecule has 1 saturated heterocycles. The molecule has 3 rings (SSSR count). The average molecular weight is 351 g/mol. The summed E-state index contributed by atoms with van der Waals surface area (Å²) in [4.78, 5) is 25.2. The lowest BCUT2D eigenvalue weighted by molar-refractivity contribution is 0.0685. The maximum atomic E-state index is 15.3. The van der Waals surface area contributed by atoms with Crippen LogP contribution in [0.15, 0.2) is 16.9 Å². The average Bonchev–Trinajstić information content (AvgIpc) is 2.55. The zero-order chi connectivity index (χ0) is 18.3. The van der Waals surface area contributed by atoms with E-state index in [2.05, 4.69) is 5.32 Å². The molecule has 0 amide bonds. The second kappa shape index (κ2) is 6.44. The van der Waals surface area contributed by atoms with E-state index in [1.807, 2.05) is 6.92 Å². The number of benzene rings is 1. The van der Waals surface area contributed by atoms with E-state index in [1.165, 1.54) is 4.57 Å². The van der Waals surface area contributed by atoms with Gasteiger partial charge in [0.25, 0.3) is 0 Å². The summed E-state index contributed by atoms with van der Waals surface area (Å²) in [5.74, 6) is -3.05. The Labute approximate surface area is 142 Å². The number of hydrogen-bond donors (Lipinski definition) is 2. The van der Waals surface area contributed by atoms with Gasteiger partial charge in [-0.2, -0.15) is 0 Å². The first-order valence-electron chi connectivity index (χ1n) is 8.12. The van der Waals surface area contributed by atoms with E-state index in [0.29, 0.717) is 19.6 Å². The number of carbonyl (C=O) groups is 1. The molecule has 0 spiro atoms. The highest BCUT2D eigenvalue weighted by molar-refractivity contribution is 5.92. The Morgan fingerprint density at radius 3 is 2.72 bits per heavy atom. The number of aryl methyl sites for hydroxylation is 1. The monoisotopic (exact) mass is 351 g/mol. The van der Waals surface area contributed by atoms with Crippen LogP contribution in [0.4, 0.5) is 14.5 Å². The summed E-state index contributed by atoms with van der Waals surface area (Å²) < 4.78 is 31.1. The first kappa shape index (κ1) is 17.3. The fourth-order valence-corrected chi connectivity index (χ4v) is 3.38. The number of nitrogens with one attached hydrogen (secondary N) is 1. The van der Waals surface area contributed by atoms with E-state index in [-0.39, 0.29) is 34.9 Å². The maximum absolute atomic E-state index is 15.3. The summed E-state index contributed by atoms with van der Waals surface area (Å²) in [7, 11) is 0. The van der Waals surface area contributed by atoms with Crippen LogP contribution >= 0.6 is 0 Å². The molecule has 1 atom stereocenters. The lowest BCUT2D eigenvalue weighted by atomic mass is 10.1. The van der Waals surface area contributed by atoms with Gasteiger partial charge in [-0.25, -0.2) is 13.6 Å². The number of piperazine rings is 1. The van der Waals surface area contributed by atoms with Gasteiger partial charge in [-0.05, 0) is 19.9 Å². The first-order valence-corrected chi connectivity index (χ1v) is 8.12. The van der Waals surface area contributed by atoms with Crippen molar-refractivity contribution in [2.24, 2.45) is 0 Å². The van der Waals surface area contributed by atoms with Gasteiger partial charge in [0.15, 0.2) is 11.2 Å². The van der Waals surface area contributed by atoms with Gasteiger partial charge in [-0.3, -0.25) is 4.79 Å². The topological polar surface area (TPSA) is 74.6 Å². The molecule has 2 heterocycles. The quantitative estimate of drug-likeness (QED) is 0.882. The summed E-state index contributed by atoms with van der Waals surface area (Å²) in [6.45, 7) is 5.10. The number of aromatic nitrogens is 1. The molecule has 2 aromatic rings. The van der Waals surface area contributed by atoms with Crippen molar-refractivity contribution < 1.29 is 18.7 Å². The molecule has 0 saturated carbocycles. The number of nitrogens with zero attached hydrogens (tertiary/aromatic N) is 2. The summed E-state index contributed by atoms with van der Waals surface area (Å²) in [5, 5.41) is 12.3. The summed E-state index contributed by atoms with van der Waals surface area (Å²) in [6.07, 6.45) is 0. The van der Waals surface area contributed by atoms with E-state index >= 15 is 4.39 Å². The third-order valence-electron chi connectivity index (χ3n) is 4.48. The highest BCUT2D eigenvalue weighted by Gasteiger charge is 2.26. The minimum Gasteiger partial charge on any atom is -0.477 e. The molecule has 134 valence electrons. The van der Waals surface area contributed by atoms with E-state index < -0.39 is 23.0 Å². The Bertz CT molecular complexity index is 910. The molecule has 0 bridgehead atoms. The van der Waals surface area contributed by atoms with Gasteiger partial charge < -0.3 is 19.9 Å². The van der Waals surface area contributed by atoms with Crippen LogP contribution in [0, 0.1) is 11.6 Å². The van der Waals surface area contributed by atoms with Gasteiger partial charge >= 0.3 is 5.97 Å². The molecule has 1 aliphatic heterocycles. The van der Waals surface area contributed by atoms with E-state index in [9.17, 15) is 19.1 Å². The molecule has 1 fully saturated rings. The predicted octanol–water partition coefficient (Wildman–Crippen LogP) is 1.80. The number of carboxylic acids is 1. The van der Waals surface area contributed by atoms with Crippen molar-refractivity contribution >= 4 is 22.6 Å². The second-order valence-electron chi connectivity index (χ2n) is 6.16. The number of fused-ring (bicyclic) bond motifs is 1. The lowest BCUT2D eigenvalue weighted by Gasteiger charge is -2.34. The third kappa shape index (κ3) is 2.86. The van der Waals surface area contributed by atoms with Crippen molar-refractivity contribution in [2.45, 2.75) is 26.4 Å². The van der Waals surface area contributed by atoms with Crippen LogP contribution in [0.5, 0.6) is 0 Å². The molecule has 6 nitrogen and oxygen atoms in total. The number of halogens is 2. The van der Waals surface area contributed by atoms with Crippen molar-refractivity contribution in [1.29, 1.82) is 0 Å². The molecule has 8 heteroatoms. The summed E-state index contributed by atoms with van der Waals surface area (Å²) in [6, 6.07) is 1.96. The fraction of sp³-hybridized carbons (Fsp3) is 0.412. The van der Waals surface area contributed by atoms with Crippen LogP contribution in [-0.4, -0.2) is 41.3 Å². The molecular weight excluding hydrogens is 332 g/mol. The fourth-order valence-electron chi connectivity index (χ4n) is 3.38. The molecule has 1 aromatic carbocycles. The van der Waals surface area contributed by atoms with E-state index in [4.69, 9.17) is 0 Å². The summed E-state index contributed by atoms with van der Waals surface area (Å²) in [5.41, 5.74) is -1.42. The van der Waals surface area contributed by atoms with Crippen LogP contribution in [0.2, 0.25) is 0 Å². The lowest BCUT2D eigenvalue weighted by Crippen LogP contribution is -2.49. The summed E-state index contributed by atoms with van der Waals surface area (Å²) >= 11 is 0. The Morgan fingerprint density at radius 1 is 1.40 bits per heavy atom. The highest BCUT2D eigenvalue weighted by atomic mass is 19.1. The Kier molecular flexibility index (Phi) is 4.47. The molecular formula is C17H19F2N3O3. The third-order valence-corrected chi connectivity index (χ3v) is 4.48. The number of anilines is 1. The minimum absolute atomic E-state index is 0.0574. The van der Waals surface area contributed by atoms with Crippen LogP contribution < -0.4 is 15.6 Å². The highest BCUT2D eigenvalue weighted by Crippen LogP contribution is 2.31. The Balaban J connectivity index is 2.34. The Morgan fingerprint density at radius 2 is 2.12 bits per heavy atom. The van der Waals surface area contributed by atoms with Gasteiger partial charge in [-0.1, -0.05) is 0 Å². The number of carboxylic acid groups (broad SMARTS) is 1. The zero-order valence-corrected chi connectivity index (χ0v) is 14.0. The smallest absolute Gasteiger partial charge is 0.352 e. The van der Waals surface area contributed by atoms with Gasteiger partial charge in [0, 0.05) is 38.3 Å². The molecule has 1 aliphatic rings. The van der Waals surface area contributed by atoms with Crippen molar-refractivity contribution in [3.63, 3.8) is 0 Å². The molecule has 0 aliphatic carbocycles. The van der Waals surface area contributed by atoms with Gasteiger partial charge in [0.05, 0.1) is 10.9 Å². The predicted molar refractivity (Wildman–Crippen MR) is 90.4 cm³/mol. The number of rotatable bonds is 3. The Hall–Kier alpha value is -2.48. The molecule has 2 N–H and O–H groups in total. The van der Waals surface area contributed by atoms with Gasteiger partial charge in [0.2, 0.25) is 0 Å². The second-order valence-corrected chi connectivity index (χ2v) is 6.16. The van der Waals surface area contributed by atoms with Gasteiger partial charge in [-0.15, -0.1) is 0 Å². The molecule has 25 heavy (non-hydrogen) atoms.